The Morgan fingerprint density at radius 2 is 1.71 bits per heavy atom. The van der Waals surface area contributed by atoms with E-state index in [4.69, 9.17) is 0 Å². The van der Waals surface area contributed by atoms with E-state index in [9.17, 15) is 14.0 Å². The molecule has 0 aliphatic rings. The van der Waals surface area contributed by atoms with Gasteiger partial charge < -0.3 is 10.6 Å². The minimum Gasteiger partial charge on any atom is -0.381 e. The number of pyridine rings is 1. The number of nitrogens with one attached hydrogen (secondary N) is 2. The highest BCUT2D eigenvalue weighted by atomic mass is 19.1. The Morgan fingerprint density at radius 1 is 0.968 bits per heavy atom. The summed E-state index contributed by atoms with van der Waals surface area (Å²) in [5.41, 5.74) is 2.91. The summed E-state index contributed by atoms with van der Waals surface area (Å²) < 4.78 is 15.4. The Hall–Kier alpha value is -3.93. The van der Waals surface area contributed by atoms with Crippen LogP contribution >= 0.6 is 0 Å². The number of para-hydroxylation sites is 2. The van der Waals surface area contributed by atoms with Crippen LogP contribution in [-0.4, -0.2) is 10.5 Å². The van der Waals surface area contributed by atoms with Crippen LogP contribution in [-0.2, 0) is 17.9 Å². The van der Waals surface area contributed by atoms with Crippen molar-refractivity contribution in [3.8, 4) is 0 Å². The SMILES string of the molecule is Cc1ccc2cc(CNc3ccccc3)c(=O)n(CC(=O)Nc3ccccc3F)c2c1. The van der Waals surface area contributed by atoms with Gasteiger partial charge in [-0.1, -0.05) is 42.5 Å². The van der Waals surface area contributed by atoms with E-state index in [1.807, 2.05) is 61.5 Å². The highest BCUT2D eigenvalue weighted by molar-refractivity contribution is 5.92. The molecule has 1 aromatic heterocycles. The molecule has 156 valence electrons. The lowest BCUT2D eigenvalue weighted by molar-refractivity contribution is -0.116. The molecule has 0 aliphatic carbocycles. The number of carbonyl (C=O) groups excluding carboxylic acids is 1. The van der Waals surface area contributed by atoms with Crippen LogP contribution in [0, 0.1) is 12.7 Å². The van der Waals surface area contributed by atoms with Gasteiger partial charge in [0.1, 0.15) is 12.4 Å². The molecule has 0 spiro atoms. The molecule has 3 aromatic carbocycles. The number of carbonyl (C=O) groups is 1. The molecule has 5 nitrogen and oxygen atoms in total. The zero-order valence-corrected chi connectivity index (χ0v) is 17.1. The average Bonchev–Trinajstić information content (AvgIpc) is 2.77. The number of aromatic nitrogens is 1. The largest absolute Gasteiger partial charge is 0.381 e. The predicted molar refractivity (Wildman–Crippen MR) is 122 cm³/mol. The van der Waals surface area contributed by atoms with Gasteiger partial charge in [0.25, 0.3) is 5.56 Å². The van der Waals surface area contributed by atoms with E-state index < -0.39 is 11.7 Å². The van der Waals surface area contributed by atoms with Gasteiger partial charge in [0.05, 0.1) is 11.2 Å². The van der Waals surface area contributed by atoms with E-state index in [2.05, 4.69) is 10.6 Å². The van der Waals surface area contributed by atoms with Gasteiger partial charge in [0, 0.05) is 17.8 Å². The van der Waals surface area contributed by atoms with Gasteiger partial charge in [-0.3, -0.25) is 14.2 Å². The summed E-state index contributed by atoms with van der Waals surface area (Å²) in [6.45, 7) is 2.03. The number of amides is 1. The number of hydrogen-bond acceptors (Lipinski definition) is 3. The first-order valence-electron chi connectivity index (χ1n) is 9.97. The van der Waals surface area contributed by atoms with Crippen LogP contribution in [0.4, 0.5) is 15.8 Å². The van der Waals surface area contributed by atoms with Gasteiger partial charge >= 0.3 is 0 Å². The van der Waals surface area contributed by atoms with Crippen molar-refractivity contribution in [1.29, 1.82) is 0 Å². The molecule has 0 atom stereocenters. The van der Waals surface area contributed by atoms with Gasteiger partial charge in [-0.25, -0.2) is 4.39 Å². The molecule has 0 unspecified atom stereocenters. The van der Waals surface area contributed by atoms with Crippen molar-refractivity contribution in [3.63, 3.8) is 0 Å². The quantitative estimate of drug-likeness (QED) is 0.480. The predicted octanol–water partition coefficient (Wildman–Crippen LogP) is 4.70. The fourth-order valence-electron chi connectivity index (χ4n) is 3.47. The van der Waals surface area contributed by atoms with Crippen molar-refractivity contribution >= 4 is 28.2 Å². The third-order valence-corrected chi connectivity index (χ3v) is 5.03. The molecule has 1 amide bonds. The van der Waals surface area contributed by atoms with Crippen LogP contribution in [0.3, 0.4) is 0 Å². The monoisotopic (exact) mass is 415 g/mol. The molecule has 0 aliphatic heterocycles. The average molecular weight is 415 g/mol. The zero-order chi connectivity index (χ0) is 21.8. The Bertz CT molecular complexity index is 1300. The molecule has 2 N–H and O–H groups in total. The van der Waals surface area contributed by atoms with Crippen LogP contribution in [0.15, 0.2) is 83.7 Å². The Balaban J connectivity index is 1.67. The normalized spacial score (nSPS) is 10.8. The highest BCUT2D eigenvalue weighted by Crippen LogP contribution is 2.18. The van der Waals surface area contributed by atoms with E-state index in [0.29, 0.717) is 17.6 Å². The summed E-state index contributed by atoms with van der Waals surface area (Å²) in [6, 6.07) is 23.2. The summed E-state index contributed by atoms with van der Waals surface area (Å²) >= 11 is 0. The minimum absolute atomic E-state index is 0.0860. The maximum Gasteiger partial charge on any atom is 0.256 e. The number of benzene rings is 3. The highest BCUT2D eigenvalue weighted by Gasteiger charge is 2.14. The summed E-state index contributed by atoms with van der Waals surface area (Å²) in [5.74, 6) is -0.993. The molecule has 0 radical (unpaired) electrons. The van der Waals surface area contributed by atoms with E-state index in [1.165, 1.54) is 16.7 Å². The standard InChI is InChI=1S/C25H22FN3O2/c1-17-11-12-18-14-19(15-27-20-7-3-2-4-8-20)25(31)29(23(18)13-17)16-24(30)28-22-10-6-5-9-21(22)26/h2-14,27H,15-16H2,1H3,(H,28,30). The van der Waals surface area contributed by atoms with Crippen LogP contribution < -0.4 is 16.2 Å². The summed E-state index contributed by atoms with van der Waals surface area (Å²) in [6.07, 6.45) is 0. The summed E-state index contributed by atoms with van der Waals surface area (Å²) in [7, 11) is 0. The second-order valence-electron chi connectivity index (χ2n) is 7.37. The first-order valence-corrected chi connectivity index (χ1v) is 9.97. The number of anilines is 2. The molecular weight excluding hydrogens is 393 g/mol. The molecule has 4 rings (SSSR count). The Labute approximate surface area is 179 Å². The maximum absolute atomic E-state index is 13.9. The summed E-state index contributed by atoms with van der Waals surface area (Å²) in [4.78, 5) is 25.9. The zero-order valence-electron chi connectivity index (χ0n) is 17.1. The van der Waals surface area contributed by atoms with E-state index in [0.717, 1.165) is 16.6 Å². The Kier molecular flexibility index (Phi) is 5.80. The molecule has 31 heavy (non-hydrogen) atoms. The van der Waals surface area contributed by atoms with Crippen LogP contribution in [0.1, 0.15) is 11.1 Å². The lowest BCUT2D eigenvalue weighted by atomic mass is 10.1. The fraction of sp³-hybridized carbons (Fsp3) is 0.120. The number of hydrogen-bond donors (Lipinski definition) is 2. The van der Waals surface area contributed by atoms with Crippen molar-refractivity contribution in [2.45, 2.75) is 20.0 Å². The second kappa shape index (κ2) is 8.83. The van der Waals surface area contributed by atoms with Crippen molar-refractivity contribution in [2.24, 2.45) is 0 Å². The van der Waals surface area contributed by atoms with Crippen LogP contribution in [0.25, 0.3) is 10.9 Å². The van der Waals surface area contributed by atoms with E-state index in [-0.39, 0.29) is 17.8 Å². The maximum atomic E-state index is 13.9. The van der Waals surface area contributed by atoms with E-state index in [1.54, 1.807) is 12.1 Å². The third kappa shape index (κ3) is 4.64. The second-order valence-corrected chi connectivity index (χ2v) is 7.37. The lowest BCUT2D eigenvalue weighted by Gasteiger charge is -2.15. The molecule has 4 aromatic rings. The smallest absolute Gasteiger partial charge is 0.256 e. The van der Waals surface area contributed by atoms with Crippen molar-refractivity contribution in [2.75, 3.05) is 10.6 Å². The van der Waals surface area contributed by atoms with Crippen molar-refractivity contribution in [3.05, 3.63) is 106 Å². The minimum atomic E-state index is -0.523. The number of halogens is 1. The number of aryl methyl sites for hydroxylation is 1. The first kappa shape index (κ1) is 20.3. The van der Waals surface area contributed by atoms with Crippen LogP contribution in [0.2, 0.25) is 0 Å². The molecule has 0 bridgehead atoms. The third-order valence-electron chi connectivity index (χ3n) is 5.03. The molecular formula is C25H22FN3O2. The fourth-order valence-corrected chi connectivity index (χ4v) is 3.47. The number of fused-ring (bicyclic) bond motifs is 1. The van der Waals surface area contributed by atoms with Gasteiger partial charge in [0.2, 0.25) is 5.91 Å². The number of rotatable bonds is 6. The molecule has 1 heterocycles. The van der Waals surface area contributed by atoms with Crippen molar-refractivity contribution in [1.82, 2.24) is 4.57 Å². The van der Waals surface area contributed by atoms with Crippen LogP contribution in [0.5, 0.6) is 0 Å². The van der Waals surface area contributed by atoms with E-state index >= 15 is 0 Å². The molecule has 0 fully saturated rings. The van der Waals surface area contributed by atoms with Gasteiger partial charge in [-0.2, -0.15) is 0 Å². The lowest BCUT2D eigenvalue weighted by Crippen LogP contribution is -2.31. The molecule has 0 saturated carbocycles. The molecule has 6 heteroatoms. The molecule has 0 saturated heterocycles. The van der Waals surface area contributed by atoms with Gasteiger partial charge in [-0.15, -0.1) is 0 Å². The van der Waals surface area contributed by atoms with Crippen molar-refractivity contribution < 1.29 is 9.18 Å². The van der Waals surface area contributed by atoms with Gasteiger partial charge in [-0.05, 0) is 54.3 Å². The Morgan fingerprint density at radius 3 is 2.48 bits per heavy atom. The van der Waals surface area contributed by atoms with Gasteiger partial charge in [0.15, 0.2) is 0 Å². The topological polar surface area (TPSA) is 63.1 Å². The number of nitrogens with zero attached hydrogens (tertiary/aromatic N) is 1. The first-order chi connectivity index (χ1) is 15.0. The summed E-state index contributed by atoms with van der Waals surface area (Å²) in [5, 5.41) is 6.65.